The lowest BCUT2D eigenvalue weighted by molar-refractivity contribution is 0.554. The number of likely N-dealkylation sites (N-methyl/N-ethyl adjacent to an activating group) is 1. The van der Waals surface area contributed by atoms with Gasteiger partial charge in [0.2, 0.25) is 0 Å². The molecule has 1 rings (SSSR count). The van der Waals surface area contributed by atoms with Gasteiger partial charge in [0.25, 0.3) is 0 Å². The van der Waals surface area contributed by atoms with Gasteiger partial charge in [0.1, 0.15) is 11.5 Å². The Hall–Kier alpha value is -1.36. The predicted octanol–water partition coefficient (Wildman–Crippen LogP) is -0.492. The van der Waals surface area contributed by atoms with Crippen molar-refractivity contribution >= 4 is 12.2 Å². The first-order valence-electron chi connectivity index (χ1n) is 4.09. The summed E-state index contributed by atoms with van der Waals surface area (Å²) >= 11 is 0. The van der Waals surface area contributed by atoms with E-state index in [-0.39, 0.29) is 6.67 Å². The van der Waals surface area contributed by atoms with Gasteiger partial charge in [0.15, 0.2) is 0 Å². The summed E-state index contributed by atoms with van der Waals surface area (Å²) in [7, 11) is 1.96. The van der Waals surface area contributed by atoms with E-state index in [0.29, 0.717) is 5.84 Å². The lowest BCUT2D eigenvalue weighted by atomic mass is 10.2. The molecule has 0 aromatic rings. The number of nitrogens with zero attached hydrogens (tertiary/aromatic N) is 3. The van der Waals surface area contributed by atoms with Gasteiger partial charge >= 0.3 is 0 Å². The molecule has 0 aromatic carbocycles. The highest BCUT2D eigenvalue weighted by Gasteiger charge is 2.11. The molecular formula is C8H15N5. The fraction of sp³-hybridized carbons (Fsp3) is 0.500. The molecule has 1 aliphatic heterocycles. The Balaban J connectivity index is 2.87. The Bertz CT molecular complexity index is 276. The van der Waals surface area contributed by atoms with Crippen molar-refractivity contribution in [2.45, 2.75) is 6.92 Å². The van der Waals surface area contributed by atoms with Gasteiger partial charge in [0.05, 0.1) is 13.0 Å². The zero-order chi connectivity index (χ0) is 9.84. The first-order chi connectivity index (χ1) is 6.15. The first kappa shape index (κ1) is 9.73. The number of hydrogen-bond donors (Lipinski definition) is 2. The van der Waals surface area contributed by atoms with E-state index in [0.717, 1.165) is 17.8 Å². The smallest absolute Gasteiger partial charge is 0.146 e. The van der Waals surface area contributed by atoms with Gasteiger partial charge in [-0.3, -0.25) is 4.99 Å². The molecule has 13 heavy (non-hydrogen) atoms. The molecule has 0 bridgehead atoms. The highest BCUT2D eigenvalue weighted by Crippen LogP contribution is 2.10. The van der Waals surface area contributed by atoms with Crippen LogP contribution in [0.25, 0.3) is 0 Å². The van der Waals surface area contributed by atoms with Crippen LogP contribution in [0.15, 0.2) is 21.3 Å². The molecule has 0 aromatic heterocycles. The molecule has 0 aliphatic carbocycles. The van der Waals surface area contributed by atoms with E-state index in [1.54, 1.807) is 6.34 Å². The molecule has 5 heteroatoms. The van der Waals surface area contributed by atoms with Crippen LogP contribution in [0.2, 0.25) is 0 Å². The second kappa shape index (κ2) is 4.04. The molecule has 0 atom stereocenters. The summed E-state index contributed by atoms with van der Waals surface area (Å²) in [5, 5.41) is 0. The minimum Gasteiger partial charge on any atom is -0.382 e. The molecule has 5 nitrogen and oxygen atoms in total. The van der Waals surface area contributed by atoms with E-state index < -0.39 is 0 Å². The van der Waals surface area contributed by atoms with E-state index >= 15 is 0 Å². The maximum atomic E-state index is 5.67. The zero-order valence-corrected chi connectivity index (χ0v) is 7.99. The number of hydrogen-bond acceptors (Lipinski definition) is 4. The number of rotatable bonds is 2. The van der Waals surface area contributed by atoms with Gasteiger partial charge in [-0.05, 0) is 12.5 Å². The lowest BCUT2D eigenvalue weighted by Gasteiger charge is -2.20. The zero-order valence-electron chi connectivity index (χ0n) is 7.99. The first-order valence-corrected chi connectivity index (χ1v) is 4.09. The Labute approximate surface area is 77.8 Å². The number of amidine groups is 1. The summed E-state index contributed by atoms with van der Waals surface area (Å²) in [6, 6.07) is 0. The third-order valence-corrected chi connectivity index (χ3v) is 1.78. The highest BCUT2D eigenvalue weighted by atomic mass is 15.1. The van der Waals surface area contributed by atoms with E-state index in [9.17, 15) is 0 Å². The molecule has 0 unspecified atom stereocenters. The standard InChI is InChI=1S/C8H15N5/c1-6-3-13(2)5-12-7(6)8(10)11-4-9/h5H,3-4,9H2,1-2H3,(H2,10,11). The largest absolute Gasteiger partial charge is 0.382 e. The maximum absolute atomic E-state index is 5.67. The minimum atomic E-state index is 0.202. The second-order valence-corrected chi connectivity index (χ2v) is 3.01. The summed E-state index contributed by atoms with van der Waals surface area (Å²) in [4.78, 5) is 10.1. The van der Waals surface area contributed by atoms with E-state index in [4.69, 9.17) is 11.5 Å². The van der Waals surface area contributed by atoms with Crippen molar-refractivity contribution in [1.82, 2.24) is 4.90 Å². The molecule has 0 saturated heterocycles. The van der Waals surface area contributed by atoms with Crippen molar-refractivity contribution in [2.75, 3.05) is 20.3 Å². The van der Waals surface area contributed by atoms with Crippen LogP contribution in [-0.2, 0) is 0 Å². The fourth-order valence-electron chi connectivity index (χ4n) is 1.21. The molecular weight excluding hydrogens is 166 g/mol. The van der Waals surface area contributed by atoms with Crippen LogP contribution in [0.1, 0.15) is 6.92 Å². The molecule has 0 fully saturated rings. The van der Waals surface area contributed by atoms with Crippen molar-refractivity contribution in [2.24, 2.45) is 21.5 Å². The molecule has 0 saturated carbocycles. The molecule has 1 heterocycles. The van der Waals surface area contributed by atoms with Crippen molar-refractivity contribution in [3.05, 3.63) is 11.3 Å². The van der Waals surface area contributed by atoms with Crippen LogP contribution in [-0.4, -0.2) is 37.3 Å². The molecule has 0 radical (unpaired) electrons. The topological polar surface area (TPSA) is 80.0 Å². The molecule has 72 valence electrons. The van der Waals surface area contributed by atoms with Crippen molar-refractivity contribution < 1.29 is 0 Å². The molecule has 0 spiro atoms. The van der Waals surface area contributed by atoms with Crippen molar-refractivity contribution in [1.29, 1.82) is 0 Å². The van der Waals surface area contributed by atoms with Crippen LogP contribution < -0.4 is 11.5 Å². The van der Waals surface area contributed by atoms with Crippen molar-refractivity contribution in [3.63, 3.8) is 0 Å². The summed E-state index contributed by atoms with van der Waals surface area (Å²) < 4.78 is 0. The third-order valence-electron chi connectivity index (χ3n) is 1.78. The SMILES string of the molecule is CC1=C(/C(N)=N\CN)N=CN(C)C1. The van der Waals surface area contributed by atoms with Crippen LogP contribution in [0.5, 0.6) is 0 Å². The Kier molecular flexibility index (Phi) is 3.02. The van der Waals surface area contributed by atoms with Gasteiger partial charge in [0, 0.05) is 13.6 Å². The normalized spacial score (nSPS) is 18.4. The van der Waals surface area contributed by atoms with Gasteiger partial charge in [-0.2, -0.15) is 0 Å². The Morgan fingerprint density at radius 2 is 2.46 bits per heavy atom. The van der Waals surface area contributed by atoms with Gasteiger partial charge < -0.3 is 16.4 Å². The predicted molar refractivity (Wildman–Crippen MR) is 54.5 cm³/mol. The van der Waals surface area contributed by atoms with E-state index in [2.05, 4.69) is 9.98 Å². The number of nitrogens with two attached hydrogens (primary N) is 2. The van der Waals surface area contributed by atoms with E-state index in [1.807, 2.05) is 18.9 Å². The quantitative estimate of drug-likeness (QED) is 0.445. The maximum Gasteiger partial charge on any atom is 0.146 e. The average Bonchev–Trinajstić information content (AvgIpc) is 2.04. The second-order valence-electron chi connectivity index (χ2n) is 3.01. The van der Waals surface area contributed by atoms with E-state index in [1.165, 1.54) is 0 Å². The van der Waals surface area contributed by atoms with Crippen LogP contribution in [0, 0.1) is 0 Å². The highest BCUT2D eigenvalue weighted by molar-refractivity contribution is 5.98. The summed E-state index contributed by atoms with van der Waals surface area (Å²) in [5.74, 6) is 0.421. The fourth-order valence-corrected chi connectivity index (χ4v) is 1.21. The molecule has 4 N–H and O–H groups in total. The van der Waals surface area contributed by atoms with Crippen LogP contribution in [0.4, 0.5) is 0 Å². The molecule has 0 amide bonds. The minimum absolute atomic E-state index is 0.202. The van der Waals surface area contributed by atoms with Crippen molar-refractivity contribution in [3.8, 4) is 0 Å². The van der Waals surface area contributed by atoms with Gasteiger partial charge in [-0.1, -0.05) is 0 Å². The van der Waals surface area contributed by atoms with Crippen LogP contribution in [0.3, 0.4) is 0 Å². The Morgan fingerprint density at radius 1 is 1.77 bits per heavy atom. The monoisotopic (exact) mass is 181 g/mol. The Morgan fingerprint density at radius 3 is 3.00 bits per heavy atom. The average molecular weight is 181 g/mol. The lowest BCUT2D eigenvalue weighted by Crippen LogP contribution is -2.27. The van der Waals surface area contributed by atoms with Crippen LogP contribution >= 0.6 is 0 Å². The summed E-state index contributed by atoms with van der Waals surface area (Å²) in [6.07, 6.45) is 1.74. The third kappa shape index (κ3) is 2.29. The number of aliphatic imine (C=N–C) groups is 2. The summed E-state index contributed by atoms with van der Waals surface area (Å²) in [5.41, 5.74) is 12.8. The summed E-state index contributed by atoms with van der Waals surface area (Å²) in [6.45, 7) is 3.02. The van der Waals surface area contributed by atoms with Gasteiger partial charge in [-0.15, -0.1) is 0 Å². The van der Waals surface area contributed by atoms with Gasteiger partial charge in [-0.25, -0.2) is 4.99 Å². The molecule has 1 aliphatic rings.